The van der Waals surface area contributed by atoms with Gasteiger partial charge in [-0.25, -0.2) is 9.67 Å². The second-order valence-corrected chi connectivity index (χ2v) is 4.47. The molecular weight excluding hydrogens is 210 g/mol. The van der Waals surface area contributed by atoms with Gasteiger partial charge in [0.15, 0.2) is 5.82 Å². The summed E-state index contributed by atoms with van der Waals surface area (Å²) >= 11 is 6.12. The lowest BCUT2D eigenvalue weighted by molar-refractivity contribution is 0.589. The van der Waals surface area contributed by atoms with E-state index in [1.807, 2.05) is 4.68 Å². The number of nitrogens with zero attached hydrogens (tertiary/aromatic N) is 3. The molecule has 0 saturated carbocycles. The molecule has 0 aliphatic heterocycles. The van der Waals surface area contributed by atoms with Gasteiger partial charge < -0.3 is 0 Å². The lowest BCUT2D eigenvalue weighted by atomic mass is 9.99. The smallest absolute Gasteiger partial charge is 0.153 e. The molecule has 82 valence electrons. The number of alkyl halides is 1. The van der Waals surface area contributed by atoms with Gasteiger partial charge in [-0.15, -0.1) is 11.6 Å². The van der Waals surface area contributed by atoms with Crippen LogP contribution in [0.1, 0.15) is 38.4 Å². The number of aromatic nitrogens is 3. The molecule has 0 radical (unpaired) electrons. The fourth-order valence-electron chi connectivity index (χ4n) is 1.95. The van der Waals surface area contributed by atoms with Gasteiger partial charge in [-0.05, 0) is 31.3 Å². The Balaban J connectivity index is 2.24. The van der Waals surface area contributed by atoms with E-state index >= 15 is 0 Å². The van der Waals surface area contributed by atoms with Gasteiger partial charge in [0.2, 0.25) is 0 Å². The van der Waals surface area contributed by atoms with Crippen molar-refractivity contribution in [1.29, 1.82) is 0 Å². The molecule has 15 heavy (non-hydrogen) atoms. The number of aryl methyl sites for hydroxylation is 1. The molecule has 0 fully saturated rings. The van der Waals surface area contributed by atoms with Gasteiger partial charge in [0, 0.05) is 6.54 Å². The Morgan fingerprint density at radius 2 is 2.47 bits per heavy atom. The summed E-state index contributed by atoms with van der Waals surface area (Å²) in [5.74, 6) is 1.00. The molecule has 3 nitrogen and oxygen atoms in total. The monoisotopic (exact) mass is 225 g/mol. The van der Waals surface area contributed by atoms with Crippen LogP contribution in [-0.4, -0.2) is 20.1 Å². The van der Waals surface area contributed by atoms with Gasteiger partial charge in [0.25, 0.3) is 0 Å². The lowest BCUT2D eigenvalue weighted by Gasteiger charge is -2.16. The van der Waals surface area contributed by atoms with Gasteiger partial charge in [0.1, 0.15) is 6.33 Å². The Hall–Kier alpha value is -0.830. The van der Waals surface area contributed by atoms with E-state index in [4.69, 9.17) is 11.6 Å². The molecule has 1 unspecified atom stereocenters. The van der Waals surface area contributed by atoms with E-state index in [9.17, 15) is 0 Å². The first kappa shape index (κ1) is 10.7. The molecule has 1 heterocycles. The van der Waals surface area contributed by atoms with Gasteiger partial charge >= 0.3 is 0 Å². The van der Waals surface area contributed by atoms with E-state index in [2.05, 4.69) is 23.1 Å². The molecule has 4 heteroatoms. The molecule has 0 spiro atoms. The van der Waals surface area contributed by atoms with Crippen LogP contribution in [0.25, 0.3) is 5.57 Å². The lowest BCUT2D eigenvalue weighted by Crippen LogP contribution is -2.09. The summed E-state index contributed by atoms with van der Waals surface area (Å²) in [4.78, 5) is 4.32. The van der Waals surface area contributed by atoms with E-state index < -0.39 is 0 Å². The highest BCUT2D eigenvalue weighted by molar-refractivity contribution is 6.22. The van der Waals surface area contributed by atoms with E-state index in [-0.39, 0.29) is 5.38 Å². The average Bonchev–Trinajstić information content (AvgIpc) is 2.66. The Kier molecular flexibility index (Phi) is 3.41. The van der Waals surface area contributed by atoms with Crippen molar-refractivity contribution in [2.75, 3.05) is 0 Å². The molecule has 0 N–H and O–H groups in total. The van der Waals surface area contributed by atoms with Crippen LogP contribution in [0.4, 0.5) is 0 Å². The van der Waals surface area contributed by atoms with E-state index in [0.29, 0.717) is 0 Å². The second-order valence-electron chi connectivity index (χ2n) is 3.91. The van der Waals surface area contributed by atoms with Crippen molar-refractivity contribution in [3.05, 3.63) is 18.2 Å². The molecule has 2 rings (SSSR count). The van der Waals surface area contributed by atoms with Crippen molar-refractivity contribution in [1.82, 2.24) is 14.8 Å². The molecule has 0 bridgehead atoms. The minimum atomic E-state index is 0.167. The largest absolute Gasteiger partial charge is 0.246 e. The van der Waals surface area contributed by atoms with Crippen LogP contribution in [0.3, 0.4) is 0 Å². The van der Waals surface area contributed by atoms with Crippen LogP contribution in [0.5, 0.6) is 0 Å². The zero-order valence-corrected chi connectivity index (χ0v) is 9.74. The van der Waals surface area contributed by atoms with E-state index in [1.54, 1.807) is 6.33 Å². The van der Waals surface area contributed by atoms with Crippen molar-refractivity contribution in [2.45, 2.75) is 44.5 Å². The Bertz CT molecular complexity index is 356. The molecule has 0 aromatic carbocycles. The summed E-state index contributed by atoms with van der Waals surface area (Å²) in [5, 5.41) is 4.39. The van der Waals surface area contributed by atoms with Crippen molar-refractivity contribution in [3.8, 4) is 0 Å². The van der Waals surface area contributed by atoms with E-state index in [1.165, 1.54) is 5.57 Å². The normalized spacial score (nSPS) is 21.5. The standard InChI is InChI=1S/C11H16ClN3/c1-2-6-15-11(13-8-14-15)9-4-3-5-10(12)7-9/h7-8,10H,2-6H2,1H3. The molecule has 1 aliphatic rings. The number of halogens is 1. The molecule has 0 amide bonds. The number of rotatable bonds is 3. The van der Waals surface area contributed by atoms with Gasteiger partial charge in [-0.2, -0.15) is 5.10 Å². The molecule has 1 aromatic heterocycles. The molecule has 0 saturated heterocycles. The van der Waals surface area contributed by atoms with Crippen LogP contribution in [0.2, 0.25) is 0 Å². The topological polar surface area (TPSA) is 30.7 Å². The van der Waals surface area contributed by atoms with Gasteiger partial charge in [0.05, 0.1) is 5.38 Å². The number of hydrogen-bond acceptors (Lipinski definition) is 2. The third-order valence-electron chi connectivity index (χ3n) is 2.65. The van der Waals surface area contributed by atoms with Crippen LogP contribution in [-0.2, 0) is 6.54 Å². The molecular formula is C11H16ClN3. The maximum atomic E-state index is 6.12. The minimum Gasteiger partial charge on any atom is -0.246 e. The molecule has 1 aromatic rings. The Morgan fingerprint density at radius 1 is 1.60 bits per heavy atom. The number of allylic oxidation sites excluding steroid dienone is 2. The third kappa shape index (κ3) is 2.40. The quantitative estimate of drug-likeness (QED) is 0.741. The predicted octanol–water partition coefficient (Wildman–Crippen LogP) is 2.86. The summed E-state index contributed by atoms with van der Waals surface area (Å²) in [7, 11) is 0. The van der Waals surface area contributed by atoms with Crippen LogP contribution < -0.4 is 0 Å². The van der Waals surface area contributed by atoms with Crippen LogP contribution >= 0.6 is 11.6 Å². The summed E-state index contributed by atoms with van der Waals surface area (Å²) in [6.07, 6.45) is 8.14. The van der Waals surface area contributed by atoms with Crippen molar-refractivity contribution >= 4 is 17.2 Å². The van der Waals surface area contributed by atoms with Crippen molar-refractivity contribution in [2.24, 2.45) is 0 Å². The first-order valence-electron chi connectivity index (χ1n) is 5.54. The average molecular weight is 226 g/mol. The fraction of sp³-hybridized carbons (Fsp3) is 0.636. The summed E-state index contributed by atoms with van der Waals surface area (Å²) in [6.45, 7) is 3.07. The zero-order valence-electron chi connectivity index (χ0n) is 8.99. The highest BCUT2D eigenvalue weighted by atomic mass is 35.5. The van der Waals surface area contributed by atoms with Crippen LogP contribution in [0.15, 0.2) is 12.4 Å². The molecule has 1 aliphatic carbocycles. The van der Waals surface area contributed by atoms with Crippen molar-refractivity contribution in [3.63, 3.8) is 0 Å². The highest BCUT2D eigenvalue weighted by Crippen LogP contribution is 2.27. The number of hydrogen-bond donors (Lipinski definition) is 0. The summed E-state index contributed by atoms with van der Waals surface area (Å²) in [6, 6.07) is 0. The third-order valence-corrected chi connectivity index (χ3v) is 2.99. The second kappa shape index (κ2) is 4.79. The SMILES string of the molecule is CCCn1ncnc1C1=CC(Cl)CCC1. The fourth-order valence-corrected chi connectivity index (χ4v) is 2.25. The first-order chi connectivity index (χ1) is 7.31. The van der Waals surface area contributed by atoms with Gasteiger partial charge in [-0.1, -0.05) is 13.0 Å². The zero-order chi connectivity index (χ0) is 10.7. The van der Waals surface area contributed by atoms with E-state index in [0.717, 1.165) is 38.1 Å². The van der Waals surface area contributed by atoms with Gasteiger partial charge in [-0.3, -0.25) is 0 Å². The summed E-state index contributed by atoms with van der Waals surface area (Å²) < 4.78 is 1.97. The van der Waals surface area contributed by atoms with Crippen molar-refractivity contribution < 1.29 is 0 Å². The first-order valence-corrected chi connectivity index (χ1v) is 5.98. The summed E-state index contributed by atoms with van der Waals surface area (Å²) in [5.41, 5.74) is 1.26. The predicted molar refractivity (Wildman–Crippen MR) is 61.8 cm³/mol. The highest BCUT2D eigenvalue weighted by Gasteiger charge is 2.16. The minimum absolute atomic E-state index is 0.167. The van der Waals surface area contributed by atoms with Crippen LogP contribution in [0, 0.1) is 0 Å². The Morgan fingerprint density at radius 3 is 3.20 bits per heavy atom. The molecule has 1 atom stereocenters. The maximum Gasteiger partial charge on any atom is 0.153 e. The maximum absolute atomic E-state index is 6.12. The Labute approximate surface area is 95.2 Å².